The molecule has 0 fully saturated rings. The Labute approximate surface area is 150 Å². The third-order valence-corrected chi connectivity index (χ3v) is 4.26. The van der Waals surface area contributed by atoms with Crippen molar-refractivity contribution in [1.29, 1.82) is 0 Å². The van der Waals surface area contributed by atoms with Crippen molar-refractivity contribution in [3.05, 3.63) is 53.3 Å². The molecule has 0 amide bonds. The maximum atomic E-state index is 12.8. The van der Waals surface area contributed by atoms with Gasteiger partial charge in [-0.1, -0.05) is 18.2 Å². The molecule has 2 aromatic rings. The number of fused-ring (bicyclic) bond motifs is 1. The Morgan fingerprint density at radius 1 is 0.692 bits per heavy atom. The number of ether oxygens (including phenoxy) is 4. The van der Waals surface area contributed by atoms with E-state index in [2.05, 4.69) is 0 Å². The summed E-state index contributed by atoms with van der Waals surface area (Å²) in [5.41, 5.74) is 1.77. The zero-order valence-electron chi connectivity index (χ0n) is 14.9. The number of hydrogen-bond donors (Lipinski definition) is 0. The van der Waals surface area contributed by atoms with Gasteiger partial charge >= 0.3 is 0 Å². The molecule has 0 unspecified atom stereocenters. The van der Waals surface area contributed by atoms with E-state index in [1.54, 1.807) is 30.3 Å². The minimum atomic E-state index is -0.352. The fourth-order valence-electron chi connectivity index (χ4n) is 3.00. The van der Waals surface area contributed by atoms with Gasteiger partial charge in [0.2, 0.25) is 5.78 Å². The zero-order valence-corrected chi connectivity index (χ0v) is 14.9. The van der Waals surface area contributed by atoms with Gasteiger partial charge in [-0.3, -0.25) is 9.59 Å². The van der Waals surface area contributed by atoms with Crippen molar-refractivity contribution in [2.75, 3.05) is 28.4 Å². The standard InChI is InChI=1S/C20H18O6/c1-23-15-10-17(25-3)16(24-2)8-13(15)11-6-5-7-12-14(21)9-18(26-4)20(22)19(11)12/h5-10H,1-4H3. The monoisotopic (exact) mass is 354 g/mol. The van der Waals surface area contributed by atoms with Gasteiger partial charge in [-0.15, -0.1) is 0 Å². The molecule has 0 atom stereocenters. The minimum Gasteiger partial charge on any atom is -0.496 e. The van der Waals surface area contributed by atoms with Crippen molar-refractivity contribution < 1.29 is 28.5 Å². The highest BCUT2D eigenvalue weighted by atomic mass is 16.5. The molecule has 134 valence electrons. The summed E-state index contributed by atoms with van der Waals surface area (Å²) in [7, 11) is 5.93. The number of benzene rings is 2. The van der Waals surface area contributed by atoms with Crippen LogP contribution in [0, 0.1) is 0 Å². The molecule has 2 aromatic carbocycles. The number of rotatable bonds is 5. The number of carbonyl (C=O) groups is 2. The van der Waals surface area contributed by atoms with Crippen LogP contribution in [0.1, 0.15) is 20.7 Å². The number of hydrogen-bond acceptors (Lipinski definition) is 6. The van der Waals surface area contributed by atoms with E-state index >= 15 is 0 Å². The van der Waals surface area contributed by atoms with E-state index in [4.69, 9.17) is 18.9 Å². The first-order valence-electron chi connectivity index (χ1n) is 7.83. The number of carbonyl (C=O) groups excluding carboxylic acids is 2. The Hall–Kier alpha value is -3.28. The lowest BCUT2D eigenvalue weighted by molar-refractivity contribution is 0.0917. The van der Waals surface area contributed by atoms with E-state index in [9.17, 15) is 9.59 Å². The largest absolute Gasteiger partial charge is 0.496 e. The van der Waals surface area contributed by atoms with Crippen LogP contribution in [0.4, 0.5) is 0 Å². The third-order valence-electron chi connectivity index (χ3n) is 4.26. The summed E-state index contributed by atoms with van der Waals surface area (Å²) in [5, 5.41) is 0. The van der Waals surface area contributed by atoms with Crippen LogP contribution >= 0.6 is 0 Å². The Morgan fingerprint density at radius 2 is 1.31 bits per heavy atom. The second kappa shape index (κ2) is 6.92. The Morgan fingerprint density at radius 3 is 1.92 bits per heavy atom. The quantitative estimate of drug-likeness (QED) is 0.821. The Kier molecular flexibility index (Phi) is 4.67. The highest BCUT2D eigenvalue weighted by molar-refractivity contribution is 6.26. The fourth-order valence-corrected chi connectivity index (χ4v) is 3.00. The highest BCUT2D eigenvalue weighted by Gasteiger charge is 2.30. The third kappa shape index (κ3) is 2.69. The van der Waals surface area contributed by atoms with E-state index in [1.807, 2.05) is 0 Å². The second-order valence-corrected chi connectivity index (χ2v) is 5.54. The van der Waals surface area contributed by atoms with Gasteiger partial charge in [0.25, 0.3) is 0 Å². The van der Waals surface area contributed by atoms with Crippen molar-refractivity contribution in [3.63, 3.8) is 0 Å². The molecule has 0 heterocycles. The summed E-state index contributed by atoms with van der Waals surface area (Å²) in [4.78, 5) is 25.2. The average molecular weight is 354 g/mol. The molecule has 1 aliphatic carbocycles. The smallest absolute Gasteiger partial charge is 0.229 e. The normalized spacial score (nSPS) is 13.0. The van der Waals surface area contributed by atoms with Crippen LogP contribution in [-0.4, -0.2) is 40.0 Å². The number of Topliss-reactive ketones (excluding diaryl/α,β-unsaturated/α-hetero) is 1. The first-order chi connectivity index (χ1) is 12.5. The van der Waals surface area contributed by atoms with Crippen LogP contribution in [0.25, 0.3) is 11.1 Å². The molecular formula is C20H18O6. The topological polar surface area (TPSA) is 71.1 Å². The van der Waals surface area contributed by atoms with Crippen LogP contribution in [0.2, 0.25) is 0 Å². The lowest BCUT2D eigenvalue weighted by Crippen LogP contribution is -2.19. The fraction of sp³-hybridized carbons (Fsp3) is 0.200. The summed E-state index contributed by atoms with van der Waals surface area (Å²) in [6.07, 6.45) is 1.21. The summed E-state index contributed by atoms with van der Waals surface area (Å²) < 4.78 is 21.2. The van der Waals surface area contributed by atoms with Crippen LogP contribution < -0.4 is 14.2 Å². The molecule has 0 aliphatic heterocycles. The molecule has 3 rings (SSSR count). The summed E-state index contributed by atoms with van der Waals surface area (Å²) in [6.45, 7) is 0. The molecular weight excluding hydrogens is 336 g/mol. The highest BCUT2D eigenvalue weighted by Crippen LogP contribution is 2.42. The van der Waals surface area contributed by atoms with Gasteiger partial charge in [-0.05, 0) is 11.6 Å². The van der Waals surface area contributed by atoms with Gasteiger partial charge in [-0.25, -0.2) is 0 Å². The molecule has 0 spiro atoms. The molecule has 0 saturated heterocycles. The van der Waals surface area contributed by atoms with Crippen molar-refractivity contribution in [1.82, 2.24) is 0 Å². The molecule has 0 radical (unpaired) electrons. The predicted octanol–water partition coefficient (Wildman–Crippen LogP) is 3.29. The first kappa shape index (κ1) is 17.5. The van der Waals surface area contributed by atoms with Crippen LogP contribution in [0.15, 0.2) is 42.2 Å². The predicted molar refractivity (Wildman–Crippen MR) is 95.3 cm³/mol. The SMILES string of the molecule is COC1=CC(=O)c2cccc(-c3cc(OC)c(OC)cc3OC)c2C1=O. The molecule has 6 heteroatoms. The van der Waals surface area contributed by atoms with E-state index in [-0.39, 0.29) is 22.9 Å². The summed E-state index contributed by atoms with van der Waals surface area (Å²) in [6, 6.07) is 8.49. The lowest BCUT2D eigenvalue weighted by atomic mass is 9.86. The van der Waals surface area contributed by atoms with E-state index in [0.717, 1.165) is 0 Å². The maximum Gasteiger partial charge on any atom is 0.229 e. The Bertz CT molecular complexity index is 926. The van der Waals surface area contributed by atoms with Gasteiger partial charge in [0.15, 0.2) is 23.0 Å². The van der Waals surface area contributed by atoms with Crippen molar-refractivity contribution >= 4 is 11.6 Å². The molecule has 0 bridgehead atoms. The van der Waals surface area contributed by atoms with Crippen molar-refractivity contribution in [2.45, 2.75) is 0 Å². The van der Waals surface area contributed by atoms with Crippen molar-refractivity contribution in [2.24, 2.45) is 0 Å². The minimum absolute atomic E-state index is 0.00870. The maximum absolute atomic E-state index is 12.8. The average Bonchev–Trinajstić information content (AvgIpc) is 2.68. The van der Waals surface area contributed by atoms with Crippen LogP contribution in [0.3, 0.4) is 0 Å². The number of methoxy groups -OCH3 is 4. The number of allylic oxidation sites excluding steroid dienone is 2. The molecule has 1 aliphatic rings. The zero-order chi connectivity index (χ0) is 18.8. The van der Waals surface area contributed by atoms with Gasteiger partial charge in [0.05, 0.1) is 28.4 Å². The van der Waals surface area contributed by atoms with Crippen molar-refractivity contribution in [3.8, 4) is 28.4 Å². The molecule has 0 N–H and O–H groups in total. The van der Waals surface area contributed by atoms with Gasteiger partial charge in [-0.2, -0.15) is 0 Å². The second-order valence-electron chi connectivity index (χ2n) is 5.54. The lowest BCUT2D eigenvalue weighted by Gasteiger charge is -2.20. The van der Waals surface area contributed by atoms with Gasteiger partial charge in [0.1, 0.15) is 5.75 Å². The molecule has 0 saturated carbocycles. The van der Waals surface area contributed by atoms with Crippen LogP contribution in [-0.2, 0) is 4.74 Å². The summed E-state index contributed by atoms with van der Waals surface area (Å²) in [5.74, 6) is 0.849. The first-order valence-corrected chi connectivity index (χ1v) is 7.83. The van der Waals surface area contributed by atoms with E-state index in [1.165, 1.54) is 34.5 Å². The molecule has 0 aromatic heterocycles. The molecule has 6 nitrogen and oxygen atoms in total. The van der Waals surface area contributed by atoms with E-state index in [0.29, 0.717) is 33.9 Å². The Balaban J connectivity index is 2.30. The molecule has 26 heavy (non-hydrogen) atoms. The van der Waals surface area contributed by atoms with E-state index < -0.39 is 0 Å². The van der Waals surface area contributed by atoms with Gasteiger partial charge < -0.3 is 18.9 Å². The number of ketones is 2. The van der Waals surface area contributed by atoms with Crippen LogP contribution in [0.5, 0.6) is 17.2 Å². The van der Waals surface area contributed by atoms with Gasteiger partial charge in [0, 0.05) is 28.8 Å². The summed E-state index contributed by atoms with van der Waals surface area (Å²) >= 11 is 0.